The SMILES string of the molecule is C#CC(c1ccccc1)[N+]1(C)C(C#Cc2ccccc2)=Nc2ccccc21.O=S(=O)([O-])C(F)(F)F. The first-order valence-electron chi connectivity index (χ1n) is 10.1. The van der Waals surface area contributed by atoms with Crippen LogP contribution < -0.4 is 4.48 Å². The third-order valence-corrected chi connectivity index (χ3v) is 5.78. The number of amidine groups is 1. The molecule has 3 aromatic rings. The molecule has 0 saturated carbocycles. The predicted molar refractivity (Wildman–Crippen MR) is 128 cm³/mol. The van der Waals surface area contributed by atoms with Gasteiger partial charge in [0.15, 0.2) is 21.8 Å². The van der Waals surface area contributed by atoms with Crippen molar-refractivity contribution < 1.29 is 26.1 Å². The van der Waals surface area contributed by atoms with Crippen molar-refractivity contribution in [1.82, 2.24) is 4.48 Å². The number of aliphatic imine (C=N–C) groups is 1. The molecule has 0 saturated heterocycles. The highest BCUT2D eigenvalue weighted by Gasteiger charge is 2.46. The molecule has 0 aromatic heterocycles. The molecule has 9 heteroatoms. The van der Waals surface area contributed by atoms with Crippen LogP contribution in [0, 0.1) is 24.2 Å². The Morgan fingerprint density at radius 1 is 0.914 bits per heavy atom. The Kier molecular flexibility index (Phi) is 7.47. The van der Waals surface area contributed by atoms with Crippen molar-refractivity contribution >= 4 is 27.3 Å². The van der Waals surface area contributed by atoms with Crippen LogP contribution in [0.2, 0.25) is 0 Å². The van der Waals surface area contributed by atoms with Gasteiger partial charge in [0.25, 0.3) is 5.84 Å². The lowest BCUT2D eigenvalue weighted by Crippen LogP contribution is -2.50. The fourth-order valence-corrected chi connectivity index (χ4v) is 3.52. The second-order valence-corrected chi connectivity index (χ2v) is 8.87. The highest BCUT2D eigenvalue weighted by Crippen LogP contribution is 2.45. The van der Waals surface area contributed by atoms with E-state index in [0.29, 0.717) is 4.48 Å². The Morgan fingerprint density at radius 3 is 1.97 bits per heavy atom. The number of quaternary nitrogens is 1. The van der Waals surface area contributed by atoms with E-state index in [0.717, 1.165) is 28.3 Å². The highest BCUT2D eigenvalue weighted by molar-refractivity contribution is 7.86. The summed E-state index contributed by atoms with van der Waals surface area (Å²) in [6.07, 6.45) is 6.03. The molecule has 3 aromatic carbocycles. The number of hydrogen-bond donors (Lipinski definition) is 0. The molecular formula is C26H19F3N2O3S. The zero-order valence-corrected chi connectivity index (χ0v) is 19.2. The summed E-state index contributed by atoms with van der Waals surface area (Å²) >= 11 is 0. The Labute approximate surface area is 201 Å². The minimum atomic E-state index is -6.09. The highest BCUT2D eigenvalue weighted by atomic mass is 32.2. The molecule has 5 nitrogen and oxygen atoms in total. The standard InChI is InChI=1S/C25H19N2.CHF3O3S/c1-3-23(21-14-8-5-9-15-21)27(2)24-17-11-10-16-22(24)26-25(27)19-18-20-12-6-4-7-13-20;2-1(3,4)8(5,6)7/h1,4-17,23H,2H3;(H,5,6,7)/q+1;/p-1. The van der Waals surface area contributed by atoms with Crippen molar-refractivity contribution in [3.8, 4) is 24.2 Å². The average molecular weight is 497 g/mol. The van der Waals surface area contributed by atoms with Crippen LogP contribution in [-0.4, -0.2) is 31.4 Å². The van der Waals surface area contributed by atoms with Gasteiger partial charge >= 0.3 is 5.51 Å². The van der Waals surface area contributed by atoms with E-state index >= 15 is 0 Å². The summed E-state index contributed by atoms with van der Waals surface area (Å²) in [5, 5.41) is 0. The van der Waals surface area contributed by atoms with Crippen molar-refractivity contribution in [2.24, 2.45) is 4.99 Å². The van der Waals surface area contributed by atoms with Crippen molar-refractivity contribution in [1.29, 1.82) is 0 Å². The maximum Gasteiger partial charge on any atom is 0.485 e. The minimum Gasteiger partial charge on any atom is -0.741 e. The average Bonchev–Trinajstić information content (AvgIpc) is 3.11. The zero-order chi connectivity index (χ0) is 25.7. The summed E-state index contributed by atoms with van der Waals surface area (Å²) in [5.41, 5.74) is -1.62. The van der Waals surface area contributed by atoms with Crippen LogP contribution in [0.3, 0.4) is 0 Å². The second kappa shape index (κ2) is 10.2. The van der Waals surface area contributed by atoms with Gasteiger partial charge in [-0.05, 0) is 24.1 Å². The Morgan fingerprint density at radius 2 is 1.43 bits per heavy atom. The van der Waals surface area contributed by atoms with Crippen molar-refractivity contribution in [3.63, 3.8) is 0 Å². The summed E-state index contributed by atoms with van der Waals surface area (Å²) in [4.78, 5) is 4.83. The summed E-state index contributed by atoms with van der Waals surface area (Å²) in [5.74, 6) is 10.3. The topological polar surface area (TPSA) is 69.6 Å². The molecule has 0 N–H and O–H groups in total. The molecule has 2 atom stereocenters. The van der Waals surface area contributed by atoms with E-state index in [2.05, 4.69) is 43.0 Å². The van der Waals surface area contributed by atoms with Gasteiger partial charge < -0.3 is 4.55 Å². The largest absolute Gasteiger partial charge is 0.741 e. The van der Waals surface area contributed by atoms with Crippen LogP contribution in [0.1, 0.15) is 17.2 Å². The first-order chi connectivity index (χ1) is 16.5. The molecule has 0 fully saturated rings. The quantitative estimate of drug-likeness (QED) is 0.213. The summed E-state index contributed by atoms with van der Waals surface area (Å²) in [6.45, 7) is 0. The fraction of sp³-hybridized carbons (Fsp3) is 0.115. The molecule has 178 valence electrons. The van der Waals surface area contributed by atoms with E-state index in [1.165, 1.54) is 0 Å². The Bertz CT molecular complexity index is 1440. The van der Waals surface area contributed by atoms with Gasteiger partial charge in [0, 0.05) is 23.1 Å². The number of nitrogens with zero attached hydrogens (tertiary/aromatic N) is 2. The molecule has 0 spiro atoms. The molecule has 4 rings (SSSR count). The maximum absolute atomic E-state index is 10.7. The van der Waals surface area contributed by atoms with Crippen LogP contribution in [0.15, 0.2) is 89.9 Å². The second-order valence-electron chi connectivity index (χ2n) is 7.50. The van der Waals surface area contributed by atoms with Crippen LogP contribution in [0.5, 0.6) is 0 Å². The molecule has 2 unspecified atom stereocenters. The number of hydrogen-bond acceptors (Lipinski definition) is 4. The van der Waals surface area contributed by atoms with E-state index < -0.39 is 15.6 Å². The molecule has 0 amide bonds. The number of terminal acetylenes is 1. The van der Waals surface area contributed by atoms with E-state index in [-0.39, 0.29) is 6.04 Å². The van der Waals surface area contributed by atoms with Crippen LogP contribution in [0.4, 0.5) is 24.5 Å². The van der Waals surface area contributed by atoms with Crippen molar-refractivity contribution in [3.05, 3.63) is 96.1 Å². The van der Waals surface area contributed by atoms with E-state index in [1.54, 1.807) is 0 Å². The maximum atomic E-state index is 10.7. The van der Waals surface area contributed by atoms with Crippen LogP contribution in [0.25, 0.3) is 0 Å². The first kappa shape index (κ1) is 25.7. The molecule has 0 radical (unpaired) electrons. The predicted octanol–water partition coefficient (Wildman–Crippen LogP) is 5.14. The molecule has 1 aliphatic heterocycles. The van der Waals surface area contributed by atoms with Gasteiger partial charge in [-0.2, -0.15) is 18.2 Å². The van der Waals surface area contributed by atoms with Gasteiger partial charge in [-0.3, -0.25) is 0 Å². The number of para-hydroxylation sites is 2. The molecule has 0 bridgehead atoms. The molecule has 35 heavy (non-hydrogen) atoms. The monoisotopic (exact) mass is 496 g/mol. The summed E-state index contributed by atoms with van der Waals surface area (Å²) in [6, 6.07) is 28.0. The summed E-state index contributed by atoms with van der Waals surface area (Å²) in [7, 11) is -3.99. The molecule has 1 aliphatic rings. The van der Waals surface area contributed by atoms with Gasteiger partial charge in [-0.25, -0.2) is 12.9 Å². The zero-order valence-electron chi connectivity index (χ0n) is 18.4. The normalized spacial score (nSPS) is 17.4. The molecular weight excluding hydrogens is 477 g/mol. The Balaban J connectivity index is 0.000000371. The lowest BCUT2D eigenvalue weighted by Gasteiger charge is -2.34. The molecule has 0 aliphatic carbocycles. The molecule has 1 heterocycles. The smallest absolute Gasteiger partial charge is 0.485 e. The number of alkyl halides is 3. The minimum absolute atomic E-state index is 0.210. The third kappa shape index (κ3) is 5.61. The third-order valence-electron chi connectivity index (χ3n) is 5.21. The number of rotatable bonds is 2. The lowest BCUT2D eigenvalue weighted by atomic mass is 10.0. The Hall–Kier alpha value is -3.89. The van der Waals surface area contributed by atoms with E-state index in [4.69, 9.17) is 24.4 Å². The van der Waals surface area contributed by atoms with Crippen LogP contribution >= 0.6 is 0 Å². The van der Waals surface area contributed by atoms with Gasteiger partial charge in [0.2, 0.25) is 0 Å². The first-order valence-corrected chi connectivity index (χ1v) is 11.5. The van der Waals surface area contributed by atoms with Crippen molar-refractivity contribution in [2.45, 2.75) is 11.6 Å². The van der Waals surface area contributed by atoms with Gasteiger partial charge in [0.1, 0.15) is 5.69 Å². The van der Waals surface area contributed by atoms with Gasteiger partial charge in [-0.15, -0.1) is 6.42 Å². The van der Waals surface area contributed by atoms with E-state index in [1.807, 2.05) is 66.7 Å². The van der Waals surface area contributed by atoms with Gasteiger partial charge in [0.05, 0.1) is 7.05 Å². The number of benzene rings is 3. The lowest BCUT2D eigenvalue weighted by molar-refractivity contribution is -0.0517. The summed E-state index contributed by atoms with van der Waals surface area (Å²) < 4.78 is 59.3. The number of fused-ring (bicyclic) bond motifs is 1. The fourth-order valence-electron chi connectivity index (χ4n) is 3.52. The van der Waals surface area contributed by atoms with E-state index in [9.17, 15) is 13.2 Å². The number of halogens is 3. The van der Waals surface area contributed by atoms with Crippen LogP contribution in [-0.2, 0) is 10.1 Å². The van der Waals surface area contributed by atoms with Gasteiger partial charge in [-0.1, -0.05) is 66.6 Å². The van der Waals surface area contributed by atoms with Crippen molar-refractivity contribution in [2.75, 3.05) is 7.05 Å².